The van der Waals surface area contributed by atoms with E-state index in [0.29, 0.717) is 18.8 Å². The van der Waals surface area contributed by atoms with Crippen LogP contribution in [0.2, 0.25) is 0 Å². The summed E-state index contributed by atoms with van der Waals surface area (Å²) in [6.45, 7) is 16.6. The van der Waals surface area contributed by atoms with Crippen LogP contribution in [0.1, 0.15) is 73.1 Å². The fraction of sp³-hybridized carbons (Fsp3) is 0.731. The van der Waals surface area contributed by atoms with Crippen molar-refractivity contribution in [1.29, 1.82) is 0 Å². The van der Waals surface area contributed by atoms with Gasteiger partial charge in [0.25, 0.3) is 0 Å². The van der Waals surface area contributed by atoms with Gasteiger partial charge in [-0.15, -0.1) is 0 Å². The van der Waals surface area contributed by atoms with Crippen molar-refractivity contribution in [3.63, 3.8) is 0 Å². The minimum atomic E-state index is -0.853. The molecule has 0 bridgehead atoms. The highest BCUT2D eigenvalue weighted by Crippen LogP contribution is 2.68. The highest BCUT2D eigenvalue weighted by Gasteiger charge is 2.70. The second kappa shape index (κ2) is 9.61. The molecule has 0 radical (unpaired) electrons. The van der Waals surface area contributed by atoms with Gasteiger partial charge in [0.2, 0.25) is 12.6 Å². The fourth-order valence-corrected chi connectivity index (χ4v) is 6.73. The zero-order chi connectivity index (χ0) is 24.6. The molecule has 0 aromatic heterocycles. The van der Waals surface area contributed by atoms with Crippen molar-refractivity contribution in [2.45, 2.75) is 91.8 Å². The van der Waals surface area contributed by atoms with Gasteiger partial charge < -0.3 is 18.9 Å². The van der Waals surface area contributed by atoms with E-state index >= 15 is 0 Å². The number of carbonyl (C=O) groups is 3. The molecule has 1 saturated heterocycles. The minimum absolute atomic E-state index is 0.0272. The summed E-state index contributed by atoms with van der Waals surface area (Å²) in [5.41, 5.74) is 0.289. The van der Waals surface area contributed by atoms with Crippen LogP contribution in [0.3, 0.4) is 0 Å². The fourth-order valence-electron chi connectivity index (χ4n) is 6.73. The van der Waals surface area contributed by atoms with E-state index < -0.39 is 29.9 Å². The number of hydrogen-bond acceptors (Lipinski definition) is 7. The molecule has 184 valence electrons. The third-order valence-corrected chi connectivity index (χ3v) is 8.47. The van der Waals surface area contributed by atoms with Crippen LogP contribution in [-0.4, -0.2) is 36.6 Å². The number of carbonyl (C=O) groups excluding carboxylic acids is 3. The lowest BCUT2D eigenvalue weighted by Crippen LogP contribution is -2.60. The maximum Gasteiger partial charge on any atom is 0.304 e. The van der Waals surface area contributed by atoms with E-state index in [1.807, 2.05) is 0 Å². The van der Waals surface area contributed by atoms with E-state index in [9.17, 15) is 14.4 Å². The van der Waals surface area contributed by atoms with Crippen molar-refractivity contribution >= 4 is 17.9 Å². The maximum atomic E-state index is 12.1. The zero-order valence-corrected chi connectivity index (χ0v) is 20.6. The third-order valence-electron chi connectivity index (χ3n) is 8.47. The Hall–Kier alpha value is -2.15. The molecule has 33 heavy (non-hydrogen) atoms. The summed E-state index contributed by atoms with van der Waals surface area (Å²) in [5.74, 6) is -1.06. The molecule has 8 atom stereocenters. The summed E-state index contributed by atoms with van der Waals surface area (Å²) in [7, 11) is 0. The average Bonchev–Trinajstić information content (AvgIpc) is 2.99. The van der Waals surface area contributed by atoms with E-state index in [1.54, 1.807) is 6.08 Å². The van der Waals surface area contributed by atoms with Gasteiger partial charge in [-0.05, 0) is 55.8 Å². The SMILES string of the molecule is C=CC(=C)CC[C@]1(C)[C@H](C)CC[C@@]23[C@H](OC(C)=O)O[C@H](OC(C)=O)[C@@H]2C[C@@H](OC(C)=O)C[C@@H]13. The second-order valence-corrected chi connectivity index (χ2v) is 10.3. The van der Waals surface area contributed by atoms with Crippen molar-refractivity contribution < 1.29 is 33.3 Å². The topological polar surface area (TPSA) is 88.1 Å². The quantitative estimate of drug-likeness (QED) is 0.308. The Morgan fingerprint density at radius 3 is 2.27 bits per heavy atom. The van der Waals surface area contributed by atoms with Crippen LogP contribution in [0.25, 0.3) is 0 Å². The molecule has 3 fully saturated rings. The van der Waals surface area contributed by atoms with Crippen LogP contribution in [0.15, 0.2) is 24.8 Å². The Bertz CT molecular complexity index is 819. The van der Waals surface area contributed by atoms with Crippen molar-refractivity contribution in [2.24, 2.45) is 28.6 Å². The summed E-state index contributed by atoms with van der Waals surface area (Å²) in [6, 6.07) is 0. The largest absolute Gasteiger partial charge is 0.463 e. The van der Waals surface area contributed by atoms with Crippen LogP contribution >= 0.6 is 0 Å². The Morgan fingerprint density at radius 2 is 1.70 bits per heavy atom. The first-order valence-electron chi connectivity index (χ1n) is 11.9. The first-order valence-corrected chi connectivity index (χ1v) is 11.9. The molecule has 1 spiro atoms. The smallest absolute Gasteiger partial charge is 0.304 e. The van der Waals surface area contributed by atoms with Gasteiger partial charge in [-0.25, -0.2) is 0 Å². The zero-order valence-electron chi connectivity index (χ0n) is 20.6. The van der Waals surface area contributed by atoms with E-state index in [0.717, 1.165) is 31.3 Å². The van der Waals surface area contributed by atoms with Gasteiger partial charge in [0.1, 0.15) is 6.10 Å². The second-order valence-electron chi connectivity index (χ2n) is 10.3. The Balaban J connectivity index is 2.09. The predicted octanol–water partition coefficient (Wildman–Crippen LogP) is 4.70. The molecule has 3 aliphatic rings. The number of ether oxygens (including phenoxy) is 4. The Labute approximate surface area is 196 Å². The van der Waals surface area contributed by atoms with Crippen molar-refractivity contribution in [2.75, 3.05) is 0 Å². The predicted molar refractivity (Wildman–Crippen MR) is 121 cm³/mol. The van der Waals surface area contributed by atoms with Gasteiger partial charge >= 0.3 is 17.9 Å². The summed E-state index contributed by atoms with van der Waals surface area (Å²) < 4.78 is 23.2. The van der Waals surface area contributed by atoms with Crippen LogP contribution in [-0.2, 0) is 33.3 Å². The molecule has 7 nitrogen and oxygen atoms in total. The average molecular weight is 463 g/mol. The molecular formula is C26H38O7. The van der Waals surface area contributed by atoms with Crippen molar-refractivity contribution in [1.82, 2.24) is 0 Å². The van der Waals surface area contributed by atoms with Crippen LogP contribution < -0.4 is 0 Å². The van der Waals surface area contributed by atoms with Gasteiger partial charge in [-0.3, -0.25) is 14.4 Å². The summed E-state index contributed by atoms with van der Waals surface area (Å²) in [5, 5.41) is 0. The molecule has 7 heteroatoms. The first-order chi connectivity index (χ1) is 15.4. The maximum absolute atomic E-state index is 12.1. The molecule has 2 saturated carbocycles. The van der Waals surface area contributed by atoms with Crippen LogP contribution in [0.4, 0.5) is 0 Å². The summed E-state index contributed by atoms with van der Waals surface area (Å²) in [4.78, 5) is 35.8. The lowest BCUT2D eigenvalue weighted by Gasteiger charge is -2.61. The van der Waals surface area contributed by atoms with Gasteiger partial charge in [0.15, 0.2) is 0 Å². The molecule has 0 amide bonds. The molecule has 0 aromatic carbocycles. The number of allylic oxidation sites excluding steroid dienone is 2. The van der Waals surface area contributed by atoms with E-state index in [2.05, 4.69) is 27.0 Å². The molecule has 0 N–H and O–H groups in total. The van der Waals surface area contributed by atoms with E-state index in [4.69, 9.17) is 18.9 Å². The molecule has 2 aliphatic carbocycles. The normalized spacial score (nSPS) is 39.5. The third kappa shape index (κ3) is 4.75. The van der Waals surface area contributed by atoms with Gasteiger partial charge in [0.05, 0.1) is 0 Å². The molecule has 1 heterocycles. The Kier molecular flexibility index (Phi) is 7.42. The van der Waals surface area contributed by atoms with Crippen molar-refractivity contribution in [3.8, 4) is 0 Å². The molecule has 0 unspecified atom stereocenters. The van der Waals surface area contributed by atoms with Gasteiger partial charge in [-0.1, -0.05) is 38.7 Å². The monoisotopic (exact) mass is 462 g/mol. The Morgan fingerprint density at radius 1 is 1.06 bits per heavy atom. The highest BCUT2D eigenvalue weighted by molar-refractivity contribution is 5.67. The summed E-state index contributed by atoms with van der Waals surface area (Å²) in [6.07, 6.45) is 4.31. The van der Waals surface area contributed by atoms with E-state index in [-0.39, 0.29) is 29.3 Å². The minimum Gasteiger partial charge on any atom is -0.463 e. The summed E-state index contributed by atoms with van der Waals surface area (Å²) >= 11 is 0. The number of hydrogen-bond donors (Lipinski definition) is 0. The van der Waals surface area contributed by atoms with Crippen molar-refractivity contribution in [3.05, 3.63) is 24.8 Å². The van der Waals surface area contributed by atoms with Crippen LogP contribution in [0.5, 0.6) is 0 Å². The molecule has 0 aromatic rings. The molecule has 1 aliphatic heterocycles. The van der Waals surface area contributed by atoms with Gasteiger partial charge in [0, 0.05) is 32.1 Å². The highest BCUT2D eigenvalue weighted by atomic mass is 16.8. The molecule has 3 rings (SSSR count). The lowest BCUT2D eigenvalue weighted by molar-refractivity contribution is -0.238. The number of esters is 3. The lowest BCUT2D eigenvalue weighted by atomic mass is 9.44. The first kappa shape index (κ1) is 25.5. The van der Waals surface area contributed by atoms with Gasteiger partial charge in [-0.2, -0.15) is 0 Å². The number of rotatable bonds is 7. The van der Waals surface area contributed by atoms with Crippen LogP contribution in [0, 0.1) is 28.6 Å². The standard InChI is InChI=1S/C26H38O7/c1-8-15(2)9-11-25(7)16(3)10-12-26-21(13-20(14-22(25)26)30-17(4)27)23(31-18(5)28)33-24(26)32-19(6)29/h8,16,20-24H,1-2,9-14H2,3-7H3/t16-,20-,21+,22+,23+,24-,25-,26-/m1/s1. The molecular weight excluding hydrogens is 424 g/mol. The van der Waals surface area contributed by atoms with E-state index in [1.165, 1.54) is 20.8 Å².